The van der Waals surface area contributed by atoms with Gasteiger partial charge >= 0.3 is 8.60 Å². The van der Waals surface area contributed by atoms with Gasteiger partial charge in [0.25, 0.3) is 0 Å². The summed E-state index contributed by atoms with van der Waals surface area (Å²) in [6.45, 7) is 0. The molecule has 0 atom stereocenters. The van der Waals surface area contributed by atoms with Gasteiger partial charge in [0.1, 0.15) is 17.2 Å². The number of benzene rings is 3. The second kappa shape index (κ2) is 8.82. The Kier molecular flexibility index (Phi) is 6.46. The Bertz CT molecular complexity index is 576. The molecule has 0 aliphatic heterocycles. The fraction of sp³-hybridized carbons (Fsp3) is 0.0526. The summed E-state index contributed by atoms with van der Waals surface area (Å²) in [4.78, 5) is 0. The predicted octanol–water partition coefficient (Wildman–Crippen LogP) is 6.09. The second-order valence-corrected chi connectivity index (χ2v) is 5.43. The van der Waals surface area contributed by atoms with E-state index in [-0.39, 0.29) is 7.43 Å². The molecular formula is C19H19O3P. The first-order valence-corrected chi connectivity index (χ1v) is 7.99. The molecule has 0 amide bonds. The van der Waals surface area contributed by atoms with Crippen molar-refractivity contribution in [1.82, 2.24) is 0 Å². The molecule has 3 aromatic rings. The molecule has 0 aliphatic carbocycles. The highest BCUT2D eigenvalue weighted by Crippen LogP contribution is 2.41. The zero-order valence-electron chi connectivity index (χ0n) is 11.8. The fourth-order valence-electron chi connectivity index (χ4n) is 1.76. The van der Waals surface area contributed by atoms with E-state index in [2.05, 4.69) is 0 Å². The van der Waals surface area contributed by atoms with Crippen LogP contribution >= 0.6 is 8.60 Å². The molecule has 0 heterocycles. The van der Waals surface area contributed by atoms with Crippen molar-refractivity contribution < 1.29 is 13.6 Å². The zero-order valence-corrected chi connectivity index (χ0v) is 12.7. The van der Waals surface area contributed by atoms with Crippen LogP contribution in [0.5, 0.6) is 17.2 Å². The van der Waals surface area contributed by atoms with E-state index < -0.39 is 8.60 Å². The van der Waals surface area contributed by atoms with Crippen LogP contribution in [0.3, 0.4) is 0 Å². The van der Waals surface area contributed by atoms with Crippen molar-refractivity contribution in [1.29, 1.82) is 0 Å². The fourth-order valence-corrected chi connectivity index (χ4v) is 2.75. The minimum Gasteiger partial charge on any atom is -0.409 e. The van der Waals surface area contributed by atoms with E-state index in [1.54, 1.807) is 0 Å². The molecular weight excluding hydrogens is 307 g/mol. The van der Waals surface area contributed by atoms with Crippen LogP contribution < -0.4 is 13.6 Å². The van der Waals surface area contributed by atoms with Crippen LogP contribution in [0, 0.1) is 0 Å². The van der Waals surface area contributed by atoms with Gasteiger partial charge in [0.15, 0.2) is 0 Å². The number of hydrogen-bond acceptors (Lipinski definition) is 3. The van der Waals surface area contributed by atoms with Crippen molar-refractivity contribution in [2.45, 2.75) is 7.43 Å². The normalized spacial score (nSPS) is 9.78. The average molecular weight is 326 g/mol. The van der Waals surface area contributed by atoms with Crippen molar-refractivity contribution in [3.8, 4) is 17.2 Å². The van der Waals surface area contributed by atoms with E-state index in [0.717, 1.165) is 0 Å². The Balaban J connectivity index is 0.00000192. The van der Waals surface area contributed by atoms with E-state index in [4.69, 9.17) is 13.6 Å². The molecule has 0 fully saturated rings. The molecule has 0 unspecified atom stereocenters. The highest BCUT2D eigenvalue weighted by atomic mass is 31.2. The van der Waals surface area contributed by atoms with Gasteiger partial charge in [0.05, 0.1) is 0 Å². The molecule has 0 bridgehead atoms. The van der Waals surface area contributed by atoms with Crippen LogP contribution in [0.15, 0.2) is 91.0 Å². The molecule has 0 radical (unpaired) electrons. The summed E-state index contributed by atoms with van der Waals surface area (Å²) in [5.41, 5.74) is 0. The van der Waals surface area contributed by atoms with Gasteiger partial charge < -0.3 is 13.6 Å². The second-order valence-electron chi connectivity index (χ2n) is 4.44. The van der Waals surface area contributed by atoms with Crippen LogP contribution in [-0.2, 0) is 0 Å². The highest BCUT2D eigenvalue weighted by Gasteiger charge is 2.19. The third kappa shape index (κ3) is 5.32. The van der Waals surface area contributed by atoms with Crippen LogP contribution in [0.2, 0.25) is 0 Å². The lowest BCUT2D eigenvalue weighted by molar-refractivity contribution is 0.388. The van der Waals surface area contributed by atoms with Gasteiger partial charge in [-0.25, -0.2) is 0 Å². The van der Waals surface area contributed by atoms with Crippen LogP contribution in [0.25, 0.3) is 0 Å². The lowest BCUT2D eigenvalue weighted by Crippen LogP contribution is -2.02. The van der Waals surface area contributed by atoms with Crippen LogP contribution in [0.4, 0.5) is 0 Å². The Morgan fingerprint density at radius 1 is 0.435 bits per heavy atom. The number of hydrogen-bond donors (Lipinski definition) is 0. The molecule has 4 heteroatoms. The first-order chi connectivity index (χ1) is 10.9. The van der Waals surface area contributed by atoms with Gasteiger partial charge in [-0.1, -0.05) is 62.0 Å². The highest BCUT2D eigenvalue weighted by molar-refractivity contribution is 7.43. The van der Waals surface area contributed by atoms with Gasteiger partial charge in [-0.15, -0.1) is 0 Å². The SMILES string of the molecule is C.c1ccc(OP(Oc2ccccc2)Oc2ccccc2)cc1. The van der Waals surface area contributed by atoms with E-state index in [9.17, 15) is 0 Å². The van der Waals surface area contributed by atoms with Crippen molar-refractivity contribution in [2.75, 3.05) is 0 Å². The first kappa shape index (κ1) is 16.9. The molecule has 23 heavy (non-hydrogen) atoms. The molecule has 3 aromatic carbocycles. The van der Waals surface area contributed by atoms with Crippen molar-refractivity contribution >= 4 is 8.60 Å². The summed E-state index contributed by atoms with van der Waals surface area (Å²) in [5, 5.41) is 0. The molecule has 3 nitrogen and oxygen atoms in total. The van der Waals surface area contributed by atoms with E-state index >= 15 is 0 Å². The minimum absolute atomic E-state index is 0. The summed E-state index contributed by atoms with van der Waals surface area (Å²) in [5.74, 6) is 2.13. The maximum atomic E-state index is 5.84. The molecule has 0 aliphatic rings. The summed E-state index contributed by atoms with van der Waals surface area (Å²) in [6, 6.07) is 28.5. The summed E-state index contributed by atoms with van der Waals surface area (Å²) in [7, 11) is -1.59. The van der Waals surface area contributed by atoms with Gasteiger partial charge in [-0.3, -0.25) is 0 Å². The molecule has 0 aromatic heterocycles. The third-order valence-corrected chi connectivity index (χ3v) is 3.85. The Morgan fingerprint density at radius 2 is 0.696 bits per heavy atom. The van der Waals surface area contributed by atoms with E-state index in [0.29, 0.717) is 17.2 Å². The number of rotatable bonds is 6. The average Bonchev–Trinajstić information content (AvgIpc) is 2.57. The lowest BCUT2D eigenvalue weighted by atomic mass is 10.3. The molecule has 0 spiro atoms. The molecule has 3 rings (SSSR count). The monoisotopic (exact) mass is 326 g/mol. The Hall–Kier alpha value is -2.51. The predicted molar refractivity (Wildman–Crippen MR) is 94.9 cm³/mol. The largest absolute Gasteiger partial charge is 0.530 e. The summed E-state index contributed by atoms with van der Waals surface area (Å²) >= 11 is 0. The van der Waals surface area contributed by atoms with Gasteiger partial charge in [0, 0.05) is 0 Å². The zero-order chi connectivity index (χ0) is 15.0. The first-order valence-electron chi connectivity index (χ1n) is 6.89. The smallest absolute Gasteiger partial charge is 0.409 e. The van der Waals surface area contributed by atoms with Gasteiger partial charge in [-0.05, 0) is 36.4 Å². The van der Waals surface area contributed by atoms with E-state index in [1.807, 2.05) is 91.0 Å². The quantitative estimate of drug-likeness (QED) is 0.513. The van der Waals surface area contributed by atoms with Crippen LogP contribution in [0.1, 0.15) is 7.43 Å². The molecule has 0 saturated carbocycles. The molecule has 0 saturated heterocycles. The van der Waals surface area contributed by atoms with Crippen molar-refractivity contribution in [3.05, 3.63) is 91.0 Å². The van der Waals surface area contributed by atoms with Gasteiger partial charge in [0.2, 0.25) is 0 Å². The van der Waals surface area contributed by atoms with Crippen LogP contribution in [-0.4, -0.2) is 0 Å². The van der Waals surface area contributed by atoms with Crippen molar-refractivity contribution in [3.63, 3.8) is 0 Å². The Labute approximate surface area is 138 Å². The summed E-state index contributed by atoms with van der Waals surface area (Å²) < 4.78 is 17.5. The topological polar surface area (TPSA) is 27.7 Å². The van der Waals surface area contributed by atoms with E-state index in [1.165, 1.54) is 0 Å². The van der Waals surface area contributed by atoms with Gasteiger partial charge in [-0.2, -0.15) is 0 Å². The summed E-state index contributed by atoms with van der Waals surface area (Å²) in [6.07, 6.45) is 0. The molecule has 118 valence electrons. The van der Waals surface area contributed by atoms with Crippen molar-refractivity contribution in [2.24, 2.45) is 0 Å². The standard InChI is InChI=1S/C18H15O3P.CH4/c1-4-10-16(11-5-1)19-22(20-17-12-6-2-7-13-17)21-18-14-8-3-9-15-18;/h1-15H;1H4. The lowest BCUT2D eigenvalue weighted by Gasteiger charge is -2.17. The maximum absolute atomic E-state index is 5.84. The maximum Gasteiger partial charge on any atom is 0.530 e. The third-order valence-electron chi connectivity index (χ3n) is 2.77. The Morgan fingerprint density at radius 3 is 0.957 bits per heavy atom. The minimum atomic E-state index is -1.59. The molecule has 0 N–H and O–H groups in total. The number of para-hydroxylation sites is 3.